The van der Waals surface area contributed by atoms with Crippen LogP contribution in [0.2, 0.25) is 0 Å². The van der Waals surface area contributed by atoms with E-state index in [0.717, 1.165) is 0 Å². The Balaban J connectivity index is 2.06. The average molecular weight is 291 g/mol. The molecule has 0 aliphatic heterocycles. The number of thiophene rings is 1. The van der Waals surface area contributed by atoms with Crippen molar-refractivity contribution in [2.24, 2.45) is 0 Å². The van der Waals surface area contributed by atoms with E-state index in [0.29, 0.717) is 12.4 Å². The van der Waals surface area contributed by atoms with Crippen molar-refractivity contribution in [1.82, 2.24) is 9.88 Å². The SMILES string of the molecule is CN(C)C(CNc1cccc(C(=O)O)n1)c1ccsc1. The van der Waals surface area contributed by atoms with Gasteiger partial charge in [-0.2, -0.15) is 11.3 Å². The molecule has 0 fully saturated rings. The van der Waals surface area contributed by atoms with Gasteiger partial charge in [-0.05, 0) is 48.6 Å². The molecule has 0 spiro atoms. The Kier molecular flexibility index (Phi) is 4.70. The van der Waals surface area contributed by atoms with Gasteiger partial charge in [0, 0.05) is 6.54 Å². The van der Waals surface area contributed by atoms with Gasteiger partial charge in [-0.1, -0.05) is 6.07 Å². The van der Waals surface area contributed by atoms with Crippen LogP contribution in [0.3, 0.4) is 0 Å². The lowest BCUT2D eigenvalue weighted by Crippen LogP contribution is -2.26. The quantitative estimate of drug-likeness (QED) is 0.856. The van der Waals surface area contributed by atoms with E-state index >= 15 is 0 Å². The minimum Gasteiger partial charge on any atom is -0.477 e. The van der Waals surface area contributed by atoms with Gasteiger partial charge in [-0.15, -0.1) is 0 Å². The molecule has 2 aromatic rings. The van der Waals surface area contributed by atoms with Crippen LogP contribution in [-0.2, 0) is 0 Å². The van der Waals surface area contributed by atoms with Crippen LogP contribution in [0.15, 0.2) is 35.0 Å². The predicted octanol–water partition coefficient (Wildman–Crippen LogP) is 2.56. The highest BCUT2D eigenvalue weighted by atomic mass is 32.1. The molecule has 2 aromatic heterocycles. The zero-order valence-corrected chi connectivity index (χ0v) is 12.2. The summed E-state index contributed by atoms with van der Waals surface area (Å²) >= 11 is 1.67. The van der Waals surface area contributed by atoms with Gasteiger partial charge < -0.3 is 15.3 Å². The molecule has 0 saturated carbocycles. The lowest BCUT2D eigenvalue weighted by molar-refractivity contribution is 0.0690. The van der Waals surface area contributed by atoms with Crippen molar-refractivity contribution >= 4 is 23.1 Å². The van der Waals surface area contributed by atoms with Crippen molar-refractivity contribution < 1.29 is 9.90 Å². The molecule has 106 valence electrons. The summed E-state index contributed by atoms with van der Waals surface area (Å²) in [5, 5.41) is 16.3. The van der Waals surface area contributed by atoms with Crippen molar-refractivity contribution in [3.8, 4) is 0 Å². The molecule has 2 N–H and O–H groups in total. The standard InChI is InChI=1S/C14H17N3O2S/c1-17(2)12(10-6-7-20-9-10)8-15-13-5-3-4-11(16-13)14(18)19/h3-7,9,12H,8H2,1-2H3,(H,15,16)(H,18,19). The number of aromatic nitrogens is 1. The summed E-state index contributed by atoms with van der Waals surface area (Å²) in [6, 6.07) is 7.26. The zero-order valence-electron chi connectivity index (χ0n) is 11.4. The maximum atomic E-state index is 10.9. The Hall–Kier alpha value is -1.92. The number of nitrogens with one attached hydrogen (secondary N) is 1. The minimum absolute atomic E-state index is 0.0481. The first-order chi connectivity index (χ1) is 9.58. The van der Waals surface area contributed by atoms with Crippen molar-refractivity contribution in [3.05, 3.63) is 46.3 Å². The molecule has 2 heterocycles. The van der Waals surface area contributed by atoms with Crippen LogP contribution in [0, 0.1) is 0 Å². The summed E-state index contributed by atoms with van der Waals surface area (Å²) in [6.45, 7) is 0.666. The van der Waals surface area contributed by atoms with Gasteiger partial charge in [0.15, 0.2) is 5.69 Å². The number of likely N-dealkylation sites (N-methyl/N-ethyl adjacent to an activating group) is 1. The first kappa shape index (κ1) is 14.5. The number of carboxylic acid groups (broad SMARTS) is 1. The highest BCUT2D eigenvalue weighted by Gasteiger charge is 2.14. The largest absolute Gasteiger partial charge is 0.477 e. The fourth-order valence-corrected chi connectivity index (χ4v) is 2.62. The Morgan fingerprint density at radius 1 is 1.45 bits per heavy atom. The summed E-state index contributed by atoms with van der Waals surface area (Å²) in [5.41, 5.74) is 1.29. The lowest BCUT2D eigenvalue weighted by atomic mass is 10.1. The second-order valence-corrected chi connectivity index (χ2v) is 5.41. The number of hydrogen-bond donors (Lipinski definition) is 2. The monoisotopic (exact) mass is 291 g/mol. The van der Waals surface area contributed by atoms with Crippen LogP contribution >= 0.6 is 11.3 Å². The highest BCUT2D eigenvalue weighted by molar-refractivity contribution is 7.07. The summed E-state index contributed by atoms with van der Waals surface area (Å²) in [7, 11) is 4.04. The third-order valence-electron chi connectivity index (χ3n) is 3.00. The van der Waals surface area contributed by atoms with Gasteiger partial charge >= 0.3 is 5.97 Å². The zero-order chi connectivity index (χ0) is 14.5. The first-order valence-corrected chi connectivity index (χ1v) is 7.15. The second kappa shape index (κ2) is 6.49. The molecule has 20 heavy (non-hydrogen) atoms. The van der Waals surface area contributed by atoms with Gasteiger partial charge in [-0.25, -0.2) is 9.78 Å². The molecule has 5 nitrogen and oxygen atoms in total. The van der Waals surface area contributed by atoms with E-state index in [2.05, 4.69) is 32.0 Å². The molecule has 0 saturated heterocycles. The maximum absolute atomic E-state index is 10.9. The van der Waals surface area contributed by atoms with E-state index in [1.54, 1.807) is 23.5 Å². The van der Waals surface area contributed by atoms with E-state index < -0.39 is 5.97 Å². The third-order valence-corrected chi connectivity index (χ3v) is 3.70. The van der Waals surface area contributed by atoms with Crippen molar-refractivity contribution in [1.29, 1.82) is 0 Å². The Labute approximate surface area is 121 Å². The van der Waals surface area contributed by atoms with Crippen LogP contribution in [0.4, 0.5) is 5.82 Å². The number of nitrogens with zero attached hydrogens (tertiary/aromatic N) is 2. The summed E-state index contributed by atoms with van der Waals surface area (Å²) in [6.07, 6.45) is 0. The summed E-state index contributed by atoms with van der Waals surface area (Å²) in [4.78, 5) is 17.1. The van der Waals surface area contributed by atoms with E-state index in [9.17, 15) is 4.79 Å². The Bertz CT molecular complexity index is 570. The summed E-state index contributed by atoms with van der Waals surface area (Å²) in [5.74, 6) is -0.442. The minimum atomic E-state index is -1.02. The van der Waals surface area contributed by atoms with Crippen LogP contribution in [0.25, 0.3) is 0 Å². The molecular formula is C14H17N3O2S. The van der Waals surface area contributed by atoms with Crippen LogP contribution in [0.5, 0.6) is 0 Å². The molecule has 6 heteroatoms. The third kappa shape index (κ3) is 3.55. The first-order valence-electron chi connectivity index (χ1n) is 6.20. The Morgan fingerprint density at radius 3 is 2.85 bits per heavy atom. The number of pyridine rings is 1. The maximum Gasteiger partial charge on any atom is 0.354 e. The number of aromatic carboxylic acids is 1. The van der Waals surface area contributed by atoms with E-state index in [1.165, 1.54) is 11.6 Å². The molecule has 0 aliphatic carbocycles. The van der Waals surface area contributed by atoms with Gasteiger partial charge in [-0.3, -0.25) is 0 Å². The molecule has 0 bridgehead atoms. The average Bonchev–Trinajstić information content (AvgIpc) is 2.93. The van der Waals surface area contributed by atoms with Gasteiger partial charge in [0.05, 0.1) is 6.04 Å². The van der Waals surface area contributed by atoms with Crippen LogP contribution < -0.4 is 5.32 Å². The molecule has 1 atom stereocenters. The lowest BCUT2D eigenvalue weighted by Gasteiger charge is -2.24. The van der Waals surface area contributed by atoms with E-state index in [4.69, 9.17) is 5.11 Å². The Morgan fingerprint density at radius 2 is 2.25 bits per heavy atom. The number of rotatable bonds is 6. The number of carboxylic acids is 1. The normalized spacial score (nSPS) is 12.3. The smallest absolute Gasteiger partial charge is 0.354 e. The fourth-order valence-electron chi connectivity index (χ4n) is 1.92. The number of carbonyl (C=O) groups is 1. The van der Waals surface area contributed by atoms with Crippen molar-refractivity contribution in [2.45, 2.75) is 6.04 Å². The predicted molar refractivity (Wildman–Crippen MR) is 80.4 cm³/mol. The van der Waals surface area contributed by atoms with Gasteiger partial charge in [0.25, 0.3) is 0 Å². The van der Waals surface area contributed by atoms with Crippen LogP contribution in [-0.4, -0.2) is 41.6 Å². The molecular weight excluding hydrogens is 274 g/mol. The summed E-state index contributed by atoms with van der Waals surface area (Å²) < 4.78 is 0. The van der Waals surface area contributed by atoms with Crippen LogP contribution in [0.1, 0.15) is 22.1 Å². The topological polar surface area (TPSA) is 65.5 Å². The second-order valence-electron chi connectivity index (χ2n) is 4.63. The molecule has 1 unspecified atom stereocenters. The molecule has 0 amide bonds. The molecule has 0 aromatic carbocycles. The van der Waals surface area contributed by atoms with Gasteiger partial charge in [0.2, 0.25) is 0 Å². The molecule has 0 aliphatic rings. The molecule has 0 radical (unpaired) electrons. The van der Waals surface area contributed by atoms with E-state index in [-0.39, 0.29) is 11.7 Å². The van der Waals surface area contributed by atoms with Crippen molar-refractivity contribution in [3.63, 3.8) is 0 Å². The molecule has 2 rings (SSSR count). The number of anilines is 1. The highest BCUT2D eigenvalue weighted by Crippen LogP contribution is 2.21. The van der Waals surface area contributed by atoms with Gasteiger partial charge in [0.1, 0.15) is 5.82 Å². The fraction of sp³-hybridized carbons (Fsp3) is 0.286. The number of hydrogen-bond acceptors (Lipinski definition) is 5. The van der Waals surface area contributed by atoms with Crippen molar-refractivity contribution in [2.75, 3.05) is 26.0 Å². The van der Waals surface area contributed by atoms with E-state index in [1.807, 2.05) is 14.1 Å².